The molecular weight excluding hydrogens is 285 g/mol. The lowest BCUT2D eigenvalue weighted by Crippen LogP contribution is -2.30. The lowest BCUT2D eigenvalue weighted by atomic mass is 9.98. The third kappa shape index (κ3) is 1.89. The molecule has 0 spiro atoms. The Hall–Kier alpha value is -1.20. The van der Waals surface area contributed by atoms with Crippen LogP contribution in [0.2, 0.25) is 0 Å². The Balaban J connectivity index is 2.03. The first-order valence-corrected chi connectivity index (χ1v) is 6.25. The number of hydrogen-bond donors (Lipinski definition) is 2. The number of H-pyrrole nitrogens is 1. The fourth-order valence-corrected chi connectivity index (χ4v) is 2.58. The fraction of sp³-hybridized carbons (Fsp3) is 0.250. The van der Waals surface area contributed by atoms with Crippen LogP contribution in [0.4, 0.5) is 4.39 Å². The molecule has 0 unspecified atom stereocenters. The first kappa shape index (κ1) is 10.9. The van der Waals surface area contributed by atoms with Crippen LogP contribution in [0.25, 0.3) is 0 Å². The Morgan fingerprint density at radius 3 is 3.12 bits per heavy atom. The second-order valence-corrected chi connectivity index (χ2v) is 4.93. The van der Waals surface area contributed by atoms with Crippen LogP contribution < -0.4 is 5.32 Å². The molecule has 3 nitrogen and oxygen atoms in total. The van der Waals surface area contributed by atoms with E-state index in [9.17, 15) is 4.39 Å². The summed E-state index contributed by atoms with van der Waals surface area (Å²) in [6.07, 6.45) is 2.66. The Kier molecular flexibility index (Phi) is 2.72. The highest BCUT2D eigenvalue weighted by Gasteiger charge is 2.23. The van der Waals surface area contributed by atoms with E-state index in [2.05, 4.69) is 31.2 Å². The quantitative estimate of drug-likeness (QED) is 0.849. The van der Waals surface area contributed by atoms with Crippen molar-refractivity contribution in [2.75, 3.05) is 6.54 Å². The van der Waals surface area contributed by atoms with Gasteiger partial charge in [-0.1, -0.05) is 6.07 Å². The van der Waals surface area contributed by atoms with Gasteiger partial charge in [0.25, 0.3) is 0 Å². The third-order valence-electron chi connectivity index (χ3n) is 3.03. The van der Waals surface area contributed by atoms with E-state index in [1.165, 1.54) is 6.07 Å². The van der Waals surface area contributed by atoms with E-state index >= 15 is 0 Å². The number of benzene rings is 1. The van der Waals surface area contributed by atoms with Gasteiger partial charge in [0.1, 0.15) is 5.82 Å². The normalized spacial score (nSPS) is 19.1. The molecule has 2 aromatic rings. The number of rotatable bonds is 1. The summed E-state index contributed by atoms with van der Waals surface area (Å²) in [5.74, 6) is -0.244. The van der Waals surface area contributed by atoms with Gasteiger partial charge in [0.15, 0.2) is 0 Å². The minimum absolute atomic E-state index is 0.0434. The molecule has 0 radical (unpaired) electrons. The highest BCUT2D eigenvalue weighted by Crippen LogP contribution is 2.28. The highest BCUT2D eigenvalue weighted by atomic mass is 79.9. The highest BCUT2D eigenvalue weighted by molar-refractivity contribution is 9.10. The second-order valence-electron chi connectivity index (χ2n) is 4.08. The molecule has 2 heterocycles. The summed E-state index contributed by atoms with van der Waals surface area (Å²) in [7, 11) is 0. The van der Waals surface area contributed by atoms with Gasteiger partial charge in [-0.05, 0) is 33.6 Å². The molecule has 17 heavy (non-hydrogen) atoms. The van der Waals surface area contributed by atoms with Gasteiger partial charge in [0.05, 0.1) is 22.5 Å². The summed E-state index contributed by atoms with van der Waals surface area (Å²) >= 11 is 3.21. The zero-order valence-electron chi connectivity index (χ0n) is 9.00. The van der Waals surface area contributed by atoms with E-state index in [1.807, 2.05) is 0 Å². The van der Waals surface area contributed by atoms with E-state index < -0.39 is 0 Å². The summed E-state index contributed by atoms with van der Waals surface area (Å²) in [5, 5.41) is 3.40. The SMILES string of the molecule is Fc1ccc([C@@H]2NCCc3[nH]cnc32)cc1Br. The molecule has 1 aromatic heterocycles. The van der Waals surface area contributed by atoms with E-state index in [1.54, 1.807) is 18.5 Å². The Bertz CT molecular complexity index is 552. The number of aromatic amines is 1. The zero-order valence-corrected chi connectivity index (χ0v) is 10.6. The molecular formula is C12H11BrFN3. The van der Waals surface area contributed by atoms with Crippen molar-refractivity contribution in [2.45, 2.75) is 12.5 Å². The van der Waals surface area contributed by atoms with Crippen LogP contribution in [-0.4, -0.2) is 16.5 Å². The lowest BCUT2D eigenvalue weighted by Gasteiger charge is -2.23. The molecule has 3 rings (SSSR count). The van der Waals surface area contributed by atoms with Gasteiger partial charge in [-0.3, -0.25) is 0 Å². The molecule has 0 bridgehead atoms. The monoisotopic (exact) mass is 295 g/mol. The van der Waals surface area contributed by atoms with Crippen LogP contribution in [0.3, 0.4) is 0 Å². The summed E-state index contributed by atoms with van der Waals surface area (Å²) in [4.78, 5) is 7.49. The predicted molar refractivity (Wildman–Crippen MR) is 66.2 cm³/mol. The molecule has 0 saturated heterocycles. The number of imidazole rings is 1. The average molecular weight is 296 g/mol. The number of nitrogens with zero attached hydrogens (tertiary/aromatic N) is 1. The minimum Gasteiger partial charge on any atom is -0.348 e. The smallest absolute Gasteiger partial charge is 0.137 e. The van der Waals surface area contributed by atoms with Crippen molar-refractivity contribution >= 4 is 15.9 Å². The van der Waals surface area contributed by atoms with Crippen molar-refractivity contribution in [2.24, 2.45) is 0 Å². The number of fused-ring (bicyclic) bond motifs is 1. The topological polar surface area (TPSA) is 40.7 Å². The van der Waals surface area contributed by atoms with Gasteiger partial charge >= 0.3 is 0 Å². The van der Waals surface area contributed by atoms with Crippen molar-refractivity contribution in [3.05, 3.63) is 51.8 Å². The molecule has 0 saturated carbocycles. The summed E-state index contributed by atoms with van der Waals surface area (Å²) in [6.45, 7) is 0.898. The van der Waals surface area contributed by atoms with Crippen molar-refractivity contribution in [3.63, 3.8) is 0 Å². The summed E-state index contributed by atoms with van der Waals surface area (Å²) in [5.41, 5.74) is 3.19. The number of halogens is 2. The van der Waals surface area contributed by atoms with Gasteiger partial charge in [0.2, 0.25) is 0 Å². The molecule has 0 aliphatic carbocycles. The number of aromatic nitrogens is 2. The molecule has 5 heteroatoms. The van der Waals surface area contributed by atoms with Crippen molar-refractivity contribution in [3.8, 4) is 0 Å². The van der Waals surface area contributed by atoms with Gasteiger partial charge in [-0.25, -0.2) is 9.37 Å². The van der Waals surface area contributed by atoms with Crippen LogP contribution in [0.1, 0.15) is 23.0 Å². The van der Waals surface area contributed by atoms with Crippen molar-refractivity contribution < 1.29 is 4.39 Å². The molecule has 1 aliphatic rings. The van der Waals surface area contributed by atoms with Gasteiger partial charge < -0.3 is 10.3 Å². The Labute approximate surface area is 107 Å². The number of hydrogen-bond acceptors (Lipinski definition) is 2. The third-order valence-corrected chi connectivity index (χ3v) is 3.63. The van der Waals surface area contributed by atoms with E-state index in [-0.39, 0.29) is 11.9 Å². The molecule has 1 aromatic carbocycles. The van der Waals surface area contributed by atoms with E-state index in [4.69, 9.17) is 0 Å². The van der Waals surface area contributed by atoms with Crippen LogP contribution >= 0.6 is 15.9 Å². The largest absolute Gasteiger partial charge is 0.348 e. The van der Waals surface area contributed by atoms with E-state index in [0.717, 1.165) is 29.9 Å². The zero-order chi connectivity index (χ0) is 11.8. The van der Waals surface area contributed by atoms with Crippen LogP contribution in [0.5, 0.6) is 0 Å². The molecule has 0 amide bonds. The van der Waals surface area contributed by atoms with Crippen molar-refractivity contribution in [1.29, 1.82) is 0 Å². The first-order chi connectivity index (χ1) is 8.25. The maximum atomic E-state index is 13.2. The maximum Gasteiger partial charge on any atom is 0.137 e. The first-order valence-electron chi connectivity index (χ1n) is 5.46. The Morgan fingerprint density at radius 1 is 1.41 bits per heavy atom. The molecule has 2 N–H and O–H groups in total. The molecule has 88 valence electrons. The second kappa shape index (κ2) is 4.23. The van der Waals surface area contributed by atoms with Crippen LogP contribution in [0, 0.1) is 5.82 Å². The average Bonchev–Trinajstić information content (AvgIpc) is 2.80. The van der Waals surface area contributed by atoms with E-state index in [0.29, 0.717) is 4.47 Å². The van der Waals surface area contributed by atoms with Crippen LogP contribution in [0.15, 0.2) is 29.0 Å². The number of nitrogens with one attached hydrogen (secondary N) is 2. The lowest BCUT2D eigenvalue weighted by molar-refractivity contribution is 0.551. The summed E-state index contributed by atoms with van der Waals surface area (Å²) < 4.78 is 13.7. The maximum absolute atomic E-state index is 13.2. The standard InChI is InChI=1S/C12H11BrFN3/c13-8-5-7(1-2-9(8)14)11-12-10(3-4-15-11)16-6-17-12/h1-2,5-6,11,15H,3-4H2,(H,16,17)/t11-/m0/s1. The van der Waals surface area contributed by atoms with Gasteiger partial charge in [-0.2, -0.15) is 0 Å². The minimum atomic E-state index is -0.244. The Morgan fingerprint density at radius 2 is 2.29 bits per heavy atom. The van der Waals surface area contributed by atoms with Crippen molar-refractivity contribution in [1.82, 2.24) is 15.3 Å². The molecule has 1 atom stereocenters. The summed E-state index contributed by atoms with van der Waals surface area (Å²) in [6, 6.07) is 5.11. The van der Waals surface area contributed by atoms with Gasteiger partial charge in [-0.15, -0.1) is 0 Å². The van der Waals surface area contributed by atoms with Crippen LogP contribution in [-0.2, 0) is 6.42 Å². The molecule has 0 fully saturated rings. The molecule has 1 aliphatic heterocycles. The fourth-order valence-electron chi connectivity index (χ4n) is 2.19. The predicted octanol–water partition coefficient (Wildman–Crippen LogP) is 2.55. The van der Waals surface area contributed by atoms with Gasteiger partial charge in [0, 0.05) is 18.7 Å².